The van der Waals surface area contributed by atoms with Crippen LogP contribution < -0.4 is 15.4 Å². The first-order valence-corrected chi connectivity index (χ1v) is 15.3. The van der Waals surface area contributed by atoms with Crippen LogP contribution >= 0.6 is 0 Å². The topological polar surface area (TPSA) is 110 Å². The third kappa shape index (κ3) is 3.58. The Bertz CT molecular complexity index is 2430. The summed E-state index contributed by atoms with van der Waals surface area (Å²) in [6.07, 6.45) is 0. The van der Waals surface area contributed by atoms with Crippen LogP contribution in [-0.4, -0.2) is 34.6 Å². The molecule has 0 radical (unpaired) electrons. The molecule has 7 aromatic rings. The van der Waals surface area contributed by atoms with Crippen LogP contribution in [0.2, 0.25) is 0 Å². The predicted octanol–water partition coefficient (Wildman–Crippen LogP) is 7.92. The highest BCUT2D eigenvalue weighted by molar-refractivity contribution is 6.43. The average Bonchev–Trinajstić information content (AvgIpc) is 3.07. The molecule has 0 saturated carbocycles. The molecule has 47 heavy (non-hydrogen) atoms. The van der Waals surface area contributed by atoms with Crippen LogP contribution in [0.5, 0.6) is 11.5 Å². The summed E-state index contributed by atoms with van der Waals surface area (Å²) in [5, 5.41) is 6.30. The van der Waals surface area contributed by atoms with Crippen LogP contribution in [0, 0.1) is 0 Å². The smallest absolute Gasteiger partial charge is 0.265 e. The van der Waals surface area contributed by atoms with Crippen molar-refractivity contribution in [3.05, 3.63) is 119 Å². The zero-order valence-corrected chi connectivity index (χ0v) is 25.3. The van der Waals surface area contributed by atoms with E-state index in [1.807, 2.05) is 38.1 Å². The number of carbonyl (C=O) groups is 4. The first-order valence-electron chi connectivity index (χ1n) is 15.3. The van der Waals surface area contributed by atoms with Crippen molar-refractivity contribution in [2.24, 2.45) is 0 Å². The number of anilines is 2. The average molecular weight is 616 g/mol. The maximum atomic E-state index is 14.1. The largest absolute Gasteiger partial charge is 0.457 e. The molecule has 226 valence electrons. The summed E-state index contributed by atoms with van der Waals surface area (Å²) >= 11 is 0. The van der Waals surface area contributed by atoms with Crippen molar-refractivity contribution in [3.63, 3.8) is 0 Å². The van der Waals surface area contributed by atoms with Crippen LogP contribution in [0.1, 0.15) is 55.3 Å². The number of nitrogen functional groups attached to an aromatic ring is 1. The Hall–Kier alpha value is -6.28. The number of amides is 4. The van der Waals surface area contributed by atoms with E-state index in [9.17, 15) is 19.2 Å². The minimum Gasteiger partial charge on any atom is -0.457 e. The molecule has 0 aromatic heterocycles. The van der Waals surface area contributed by atoms with E-state index in [-0.39, 0.29) is 17.9 Å². The minimum atomic E-state index is -0.417. The van der Waals surface area contributed by atoms with Crippen molar-refractivity contribution in [2.45, 2.75) is 19.9 Å². The van der Waals surface area contributed by atoms with Crippen molar-refractivity contribution >= 4 is 78.1 Å². The molecule has 0 bridgehead atoms. The number of nitrogens with two attached hydrogens (primary N) is 1. The van der Waals surface area contributed by atoms with Crippen molar-refractivity contribution < 1.29 is 23.9 Å². The van der Waals surface area contributed by atoms with Crippen molar-refractivity contribution in [1.82, 2.24) is 4.90 Å². The summed E-state index contributed by atoms with van der Waals surface area (Å²) in [6.45, 7) is 3.66. The Morgan fingerprint density at radius 2 is 0.872 bits per heavy atom. The second-order valence-corrected chi connectivity index (χ2v) is 12.3. The molecule has 2 aliphatic rings. The number of imide groups is 2. The van der Waals surface area contributed by atoms with Crippen LogP contribution in [0.3, 0.4) is 0 Å². The van der Waals surface area contributed by atoms with Gasteiger partial charge in [0.2, 0.25) is 0 Å². The third-order valence-corrected chi connectivity index (χ3v) is 9.39. The Morgan fingerprint density at radius 1 is 0.489 bits per heavy atom. The van der Waals surface area contributed by atoms with Gasteiger partial charge in [-0.1, -0.05) is 24.3 Å². The highest BCUT2D eigenvalue weighted by atomic mass is 16.5. The number of benzene rings is 7. The summed E-state index contributed by atoms with van der Waals surface area (Å²) in [4.78, 5) is 57.6. The molecule has 7 aromatic carbocycles. The molecule has 0 saturated heterocycles. The molecule has 2 aliphatic heterocycles. The van der Waals surface area contributed by atoms with E-state index in [1.54, 1.807) is 72.8 Å². The number of hydrogen-bond donors (Lipinski definition) is 1. The SMILES string of the molecule is CC(C)N1C(=O)c2ccc3c4ccc5c6c(ccc(c7ccc(c2c37)C1=O)c64)C(=O)N(c1ccc(Oc2ccc(N)cc2)cc1)C5=O. The molecule has 8 nitrogen and oxygen atoms in total. The van der Waals surface area contributed by atoms with E-state index in [1.165, 1.54) is 9.80 Å². The number of ether oxygens (including phenoxy) is 1. The highest BCUT2D eigenvalue weighted by Crippen LogP contribution is 2.46. The van der Waals surface area contributed by atoms with E-state index < -0.39 is 11.8 Å². The Kier molecular flexibility index (Phi) is 5.40. The molecular weight excluding hydrogens is 590 g/mol. The molecule has 9 rings (SSSR count). The van der Waals surface area contributed by atoms with Gasteiger partial charge >= 0.3 is 0 Å². The van der Waals surface area contributed by atoms with Gasteiger partial charge < -0.3 is 10.5 Å². The monoisotopic (exact) mass is 615 g/mol. The summed E-state index contributed by atoms with van der Waals surface area (Å²) in [6, 6.07) is 28.3. The van der Waals surface area contributed by atoms with Crippen LogP contribution in [-0.2, 0) is 0 Å². The lowest BCUT2D eigenvalue weighted by molar-refractivity contribution is 0.0563. The van der Waals surface area contributed by atoms with Crippen molar-refractivity contribution in [3.8, 4) is 11.5 Å². The lowest BCUT2D eigenvalue weighted by Crippen LogP contribution is -2.44. The zero-order valence-electron chi connectivity index (χ0n) is 25.3. The Labute approximate surface area is 267 Å². The summed E-state index contributed by atoms with van der Waals surface area (Å²) < 4.78 is 5.90. The molecular formula is C39H25N3O5. The van der Waals surface area contributed by atoms with E-state index in [4.69, 9.17) is 10.5 Å². The first-order chi connectivity index (χ1) is 22.7. The molecule has 0 atom stereocenters. The summed E-state index contributed by atoms with van der Waals surface area (Å²) in [5.74, 6) is -0.285. The maximum Gasteiger partial charge on any atom is 0.265 e. The molecule has 0 spiro atoms. The van der Waals surface area contributed by atoms with Gasteiger partial charge in [-0.3, -0.25) is 24.1 Å². The van der Waals surface area contributed by atoms with Gasteiger partial charge in [-0.25, -0.2) is 4.90 Å². The zero-order chi connectivity index (χ0) is 32.3. The standard InChI is InChI=1S/C39H25N3O5/c1-19(2)41-36(43)28-15-11-24-26-13-17-30-35-31(18-14-27(33(26)35)25-12-16-29(37(41)44)34(28)32(24)25)39(46)42(38(30)45)21-5-9-23(10-6-21)47-22-7-3-20(40)4-8-22/h3-19H,40H2,1-2H3. The second-order valence-electron chi connectivity index (χ2n) is 12.3. The quantitative estimate of drug-likeness (QED) is 0.0932. The van der Waals surface area contributed by atoms with Crippen LogP contribution in [0.25, 0.3) is 43.1 Å². The molecule has 0 unspecified atom stereocenters. The van der Waals surface area contributed by atoms with Crippen molar-refractivity contribution in [2.75, 3.05) is 10.6 Å². The lowest BCUT2D eigenvalue weighted by Gasteiger charge is -2.31. The van der Waals surface area contributed by atoms with E-state index in [0.29, 0.717) is 55.9 Å². The Balaban J connectivity index is 1.19. The molecule has 8 heteroatoms. The highest BCUT2D eigenvalue weighted by Gasteiger charge is 2.38. The van der Waals surface area contributed by atoms with Crippen LogP contribution in [0.4, 0.5) is 11.4 Å². The van der Waals surface area contributed by atoms with E-state index in [2.05, 4.69) is 0 Å². The third-order valence-electron chi connectivity index (χ3n) is 9.39. The summed E-state index contributed by atoms with van der Waals surface area (Å²) in [5.41, 5.74) is 8.67. The van der Waals surface area contributed by atoms with Gasteiger partial charge in [0.25, 0.3) is 23.6 Å². The first kappa shape index (κ1) is 27.1. The summed E-state index contributed by atoms with van der Waals surface area (Å²) in [7, 11) is 0. The van der Waals surface area contributed by atoms with Gasteiger partial charge in [0.15, 0.2) is 0 Å². The Morgan fingerprint density at radius 3 is 1.28 bits per heavy atom. The number of hydrogen-bond acceptors (Lipinski definition) is 6. The second kappa shape index (κ2) is 9.37. The van der Waals surface area contributed by atoms with Gasteiger partial charge in [0.1, 0.15) is 11.5 Å². The van der Waals surface area contributed by atoms with Gasteiger partial charge in [-0.15, -0.1) is 0 Å². The predicted molar refractivity (Wildman–Crippen MR) is 182 cm³/mol. The van der Waals surface area contributed by atoms with E-state index >= 15 is 0 Å². The van der Waals surface area contributed by atoms with Gasteiger partial charge in [0, 0.05) is 44.8 Å². The normalized spacial score (nSPS) is 14.5. The number of rotatable bonds is 4. The fourth-order valence-corrected chi connectivity index (χ4v) is 7.33. The fourth-order valence-electron chi connectivity index (χ4n) is 7.33. The molecule has 2 heterocycles. The molecule has 0 aliphatic carbocycles. The minimum absolute atomic E-state index is 0.280. The van der Waals surface area contributed by atoms with Crippen molar-refractivity contribution in [1.29, 1.82) is 0 Å². The van der Waals surface area contributed by atoms with Gasteiger partial charge in [-0.2, -0.15) is 0 Å². The van der Waals surface area contributed by atoms with E-state index in [0.717, 1.165) is 32.3 Å². The molecule has 2 N–H and O–H groups in total. The molecule has 4 amide bonds. The maximum absolute atomic E-state index is 14.1. The number of nitrogens with zero attached hydrogens (tertiary/aromatic N) is 2. The fraction of sp³-hybridized carbons (Fsp3) is 0.0769. The van der Waals surface area contributed by atoms with Crippen LogP contribution in [0.15, 0.2) is 97.1 Å². The van der Waals surface area contributed by atoms with Gasteiger partial charge in [-0.05, 0) is 119 Å². The van der Waals surface area contributed by atoms with Gasteiger partial charge in [0.05, 0.1) is 5.69 Å². The lowest BCUT2D eigenvalue weighted by atomic mass is 9.82. The molecule has 0 fully saturated rings. The number of fused-ring (bicyclic) bond motifs is 2. The number of carbonyl (C=O) groups excluding carboxylic acids is 4.